The van der Waals surface area contributed by atoms with Crippen molar-refractivity contribution >= 4 is 16.8 Å². The van der Waals surface area contributed by atoms with Gasteiger partial charge in [-0.05, 0) is 30.4 Å². The van der Waals surface area contributed by atoms with Crippen LogP contribution in [0.2, 0.25) is 0 Å². The maximum absolute atomic E-state index is 12.3. The van der Waals surface area contributed by atoms with Crippen molar-refractivity contribution < 1.29 is 9.90 Å². The summed E-state index contributed by atoms with van der Waals surface area (Å²) >= 11 is 0. The van der Waals surface area contributed by atoms with E-state index >= 15 is 0 Å². The van der Waals surface area contributed by atoms with Crippen LogP contribution in [-0.2, 0) is 11.2 Å². The van der Waals surface area contributed by atoms with Gasteiger partial charge in [-0.1, -0.05) is 18.2 Å². The molecule has 1 aliphatic rings. The zero-order valence-corrected chi connectivity index (χ0v) is 11.7. The molecular formula is C16H18N2O3. The number of para-hydroxylation sites is 1. The number of pyridine rings is 1. The monoisotopic (exact) mass is 286 g/mol. The average Bonchev–Trinajstić information content (AvgIpc) is 2.48. The van der Waals surface area contributed by atoms with Crippen LogP contribution in [0.3, 0.4) is 0 Å². The van der Waals surface area contributed by atoms with Crippen LogP contribution in [0.15, 0.2) is 35.1 Å². The second kappa shape index (κ2) is 5.69. The lowest BCUT2D eigenvalue weighted by atomic mass is 10.1. The number of aromatic amines is 1. The summed E-state index contributed by atoms with van der Waals surface area (Å²) in [5.41, 5.74) is 1.02. The fourth-order valence-corrected chi connectivity index (χ4v) is 2.78. The summed E-state index contributed by atoms with van der Waals surface area (Å²) in [5, 5.41) is 10.5. The van der Waals surface area contributed by atoms with Gasteiger partial charge in [0.25, 0.3) is 5.56 Å². The number of piperidine rings is 1. The predicted octanol–water partition coefficient (Wildman–Crippen LogP) is 1.05. The number of aliphatic hydroxyl groups excluding tert-OH is 1. The number of likely N-dealkylation sites (tertiary alicyclic amines) is 1. The third kappa shape index (κ3) is 2.97. The summed E-state index contributed by atoms with van der Waals surface area (Å²) < 4.78 is 0. The fourth-order valence-electron chi connectivity index (χ4n) is 2.78. The van der Waals surface area contributed by atoms with Gasteiger partial charge in [-0.15, -0.1) is 0 Å². The molecule has 1 aromatic heterocycles. The van der Waals surface area contributed by atoms with Crippen LogP contribution in [0.5, 0.6) is 0 Å². The minimum absolute atomic E-state index is 0.0763. The molecule has 0 radical (unpaired) electrons. The highest BCUT2D eigenvalue weighted by atomic mass is 16.3. The van der Waals surface area contributed by atoms with E-state index in [1.54, 1.807) is 11.0 Å². The predicted molar refractivity (Wildman–Crippen MR) is 80.1 cm³/mol. The van der Waals surface area contributed by atoms with Crippen molar-refractivity contribution in [2.24, 2.45) is 0 Å². The number of amides is 1. The highest BCUT2D eigenvalue weighted by molar-refractivity contribution is 5.82. The van der Waals surface area contributed by atoms with E-state index in [1.807, 2.05) is 24.3 Å². The molecule has 1 amide bonds. The number of aliphatic hydroxyl groups is 1. The van der Waals surface area contributed by atoms with E-state index in [0.29, 0.717) is 18.7 Å². The smallest absolute Gasteiger partial charge is 0.252 e. The molecule has 1 aliphatic heterocycles. The summed E-state index contributed by atoms with van der Waals surface area (Å²) in [5.74, 6) is -0.102. The Hall–Kier alpha value is -2.14. The van der Waals surface area contributed by atoms with Crippen LogP contribution >= 0.6 is 0 Å². The van der Waals surface area contributed by atoms with Gasteiger partial charge in [0.2, 0.25) is 5.91 Å². The maximum atomic E-state index is 12.3. The standard InChI is InChI=1S/C16H18N2O3/c19-13-5-3-7-18(10-13)15(20)9-12-8-11-4-1-2-6-14(11)17-16(12)21/h1-2,4,6,8,13,19H,3,5,7,9-10H2,(H,17,21). The second-order valence-corrected chi connectivity index (χ2v) is 5.52. The summed E-state index contributed by atoms with van der Waals surface area (Å²) in [6, 6.07) is 9.27. The molecule has 0 saturated carbocycles. The third-order valence-electron chi connectivity index (χ3n) is 3.92. The van der Waals surface area contributed by atoms with Crippen LogP contribution in [0, 0.1) is 0 Å². The molecule has 21 heavy (non-hydrogen) atoms. The quantitative estimate of drug-likeness (QED) is 0.867. The van der Waals surface area contributed by atoms with E-state index in [2.05, 4.69) is 4.98 Å². The molecule has 0 spiro atoms. The second-order valence-electron chi connectivity index (χ2n) is 5.52. The molecule has 2 heterocycles. The Bertz CT molecular complexity index is 723. The number of carbonyl (C=O) groups excluding carboxylic acids is 1. The first-order valence-corrected chi connectivity index (χ1v) is 7.20. The van der Waals surface area contributed by atoms with Gasteiger partial charge in [0.1, 0.15) is 0 Å². The molecule has 110 valence electrons. The summed E-state index contributed by atoms with van der Waals surface area (Å²) in [6.07, 6.45) is 1.17. The summed E-state index contributed by atoms with van der Waals surface area (Å²) in [6.45, 7) is 1.02. The van der Waals surface area contributed by atoms with Gasteiger partial charge in [0, 0.05) is 24.2 Å². The highest BCUT2D eigenvalue weighted by Gasteiger charge is 2.22. The van der Waals surface area contributed by atoms with Crippen molar-refractivity contribution in [3.63, 3.8) is 0 Å². The van der Waals surface area contributed by atoms with Gasteiger partial charge in [-0.25, -0.2) is 0 Å². The Balaban J connectivity index is 1.82. The van der Waals surface area contributed by atoms with Crippen LogP contribution < -0.4 is 5.56 Å². The van der Waals surface area contributed by atoms with Crippen molar-refractivity contribution in [3.8, 4) is 0 Å². The molecule has 2 aromatic rings. The van der Waals surface area contributed by atoms with E-state index in [0.717, 1.165) is 23.7 Å². The topological polar surface area (TPSA) is 73.4 Å². The third-order valence-corrected chi connectivity index (χ3v) is 3.92. The van der Waals surface area contributed by atoms with Gasteiger partial charge >= 0.3 is 0 Å². The zero-order chi connectivity index (χ0) is 14.8. The number of benzene rings is 1. The molecule has 1 fully saturated rings. The molecule has 1 unspecified atom stereocenters. The number of nitrogens with one attached hydrogen (secondary N) is 1. The molecule has 5 nitrogen and oxygen atoms in total. The van der Waals surface area contributed by atoms with Crippen LogP contribution in [-0.4, -0.2) is 40.1 Å². The Morgan fingerprint density at radius 3 is 3.00 bits per heavy atom. The molecule has 1 aromatic carbocycles. The molecule has 0 aliphatic carbocycles. The van der Waals surface area contributed by atoms with Gasteiger partial charge in [0.05, 0.1) is 12.5 Å². The molecular weight excluding hydrogens is 268 g/mol. The largest absolute Gasteiger partial charge is 0.391 e. The van der Waals surface area contributed by atoms with Crippen molar-refractivity contribution in [1.29, 1.82) is 0 Å². The number of rotatable bonds is 2. The molecule has 3 rings (SSSR count). The Morgan fingerprint density at radius 1 is 1.38 bits per heavy atom. The van der Waals surface area contributed by atoms with Crippen molar-refractivity contribution in [2.75, 3.05) is 13.1 Å². The lowest BCUT2D eigenvalue weighted by molar-refractivity contribution is -0.133. The number of hydrogen-bond donors (Lipinski definition) is 2. The van der Waals surface area contributed by atoms with Gasteiger partial charge < -0.3 is 15.0 Å². The van der Waals surface area contributed by atoms with E-state index in [9.17, 15) is 14.7 Å². The van der Waals surface area contributed by atoms with Crippen LogP contribution in [0.1, 0.15) is 18.4 Å². The van der Waals surface area contributed by atoms with Crippen molar-refractivity contribution in [3.05, 3.63) is 46.2 Å². The number of nitrogens with zero attached hydrogens (tertiary/aromatic N) is 1. The Kier molecular flexibility index (Phi) is 3.75. The molecule has 2 N–H and O–H groups in total. The first kappa shape index (κ1) is 13.8. The molecule has 1 saturated heterocycles. The number of fused-ring (bicyclic) bond motifs is 1. The van der Waals surface area contributed by atoms with Crippen molar-refractivity contribution in [2.45, 2.75) is 25.4 Å². The number of aromatic nitrogens is 1. The number of β-amino-alcohol motifs (C(OH)–C–C–N with tert-alkyl or cyclic N) is 1. The van der Waals surface area contributed by atoms with Gasteiger partial charge in [-0.3, -0.25) is 9.59 Å². The normalized spacial score (nSPS) is 18.9. The number of hydrogen-bond acceptors (Lipinski definition) is 3. The van der Waals surface area contributed by atoms with E-state index in [-0.39, 0.29) is 17.9 Å². The first-order valence-electron chi connectivity index (χ1n) is 7.20. The fraction of sp³-hybridized carbons (Fsp3) is 0.375. The average molecular weight is 286 g/mol. The molecule has 5 heteroatoms. The molecule has 0 bridgehead atoms. The SMILES string of the molecule is O=C(Cc1cc2ccccc2[nH]c1=O)N1CCCC(O)C1. The molecule has 1 atom stereocenters. The minimum Gasteiger partial charge on any atom is -0.391 e. The minimum atomic E-state index is -0.447. The van der Waals surface area contributed by atoms with Crippen LogP contribution in [0.25, 0.3) is 10.9 Å². The van der Waals surface area contributed by atoms with Crippen molar-refractivity contribution in [1.82, 2.24) is 9.88 Å². The zero-order valence-electron chi connectivity index (χ0n) is 11.7. The highest BCUT2D eigenvalue weighted by Crippen LogP contribution is 2.13. The van der Waals surface area contributed by atoms with E-state index < -0.39 is 6.10 Å². The van der Waals surface area contributed by atoms with E-state index in [4.69, 9.17) is 0 Å². The first-order chi connectivity index (χ1) is 10.1. The summed E-state index contributed by atoms with van der Waals surface area (Å²) in [4.78, 5) is 28.7. The lowest BCUT2D eigenvalue weighted by Gasteiger charge is -2.30. The lowest BCUT2D eigenvalue weighted by Crippen LogP contribution is -2.43. The van der Waals surface area contributed by atoms with Crippen LogP contribution in [0.4, 0.5) is 0 Å². The number of carbonyl (C=O) groups is 1. The summed E-state index contributed by atoms with van der Waals surface area (Å²) in [7, 11) is 0. The Labute approximate surface area is 122 Å². The maximum Gasteiger partial charge on any atom is 0.252 e. The van der Waals surface area contributed by atoms with Gasteiger partial charge in [0.15, 0.2) is 0 Å². The van der Waals surface area contributed by atoms with E-state index in [1.165, 1.54) is 0 Å². The Morgan fingerprint density at radius 2 is 2.19 bits per heavy atom. The number of H-pyrrole nitrogens is 1. The van der Waals surface area contributed by atoms with Gasteiger partial charge in [-0.2, -0.15) is 0 Å².